The highest BCUT2D eigenvalue weighted by Crippen LogP contribution is 2.45. The van der Waals surface area contributed by atoms with E-state index in [-0.39, 0.29) is 18.4 Å². The summed E-state index contributed by atoms with van der Waals surface area (Å²) in [6.07, 6.45) is 3.73. The number of hydrogen-bond donors (Lipinski definition) is 2. The molecular formula is C20H26N4O3. The molecule has 0 bridgehead atoms. The molecule has 0 unspecified atom stereocenters. The number of carbonyl (C=O) groups excluding carboxylic acids is 1. The molecule has 1 aliphatic rings. The summed E-state index contributed by atoms with van der Waals surface area (Å²) in [5.74, 6) is -1.49. The van der Waals surface area contributed by atoms with Gasteiger partial charge in [0.25, 0.3) is 0 Å². The summed E-state index contributed by atoms with van der Waals surface area (Å²) in [7, 11) is 1.78. The van der Waals surface area contributed by atoms with Crippen molar-refractivity contribution >= 4 is 11.9 Å². The summed E-state index contributed by atoms with van der Waals surface area (Å²) < 4.78 is 1.97. The lowest BCUT2D eigenvalue weighted by molar-refractivity contribution is -0.148. The van der Waals surface area contributed by atoms with Crippen LogP contribution in [-0.2, 0) is 22.7 Å². The molecule has 1 saturated heterocycles. The molecule has 2 aromatic rings. The number of aromatic nitrogens is 2. The van der Waals surface area contributed by atoms with Gasteiger partial charge in [0, 0.05) is 18.8 Å². The molecule has 7 nitrogen and oxygen atoms in total. The van der Waals surface area contributed by atoms with Crippen LogP contribution in [0.1, 0.15) is 37.6 Å². The Bertz CT molecular complexity index is 820. The van der Waals surface area contributed by atoms with Crippen molar-refractivity contribution in [1.82, 2.24) is 19.8 Å². The van der Waals surface area contributed by atoms with Crippen molar-refractivity contribution in [2.45, 2.75) is 44.9 Å². The maximum absolute atomic E-state index is 13.0. The number of benzene rings is 1. The van der Waals surface area contributed by atoms with Crippen LogP contribution in [0.5, 0.6) is 0 Å². The van der Waals surface area contributed by atoms with Crippen LogP contribution in [0.2, 0.25) is 0 Å². The van der Waals surface area contributed by atoms with Crippen molar-refractivity contribution in [1.29, 1.82) is 0 Å². The highest BCUT2D eigenvalue weighted by atomic mass is 16.4. The zero-order valence-corrected chi connectivity index (χ0v) is 15.9. The van der Waals surface area contributed by atoms with Crippen molar-refractivity contribution in [2.24, 2.45) is 5.92 Å². The standard InChI is InChI=1S/C20H26N4O3/c1-4-24-13-21-11-15(24)12-22-18(25)16-10-20(2,19(26)27)23(3)17(16)14-8-6-5-7-9-14/h5-9,11,13,16-17H,4,10,12H2,1-3H3,(H,22,25)(H,26,27)/t16-,17-,20-/m1/s1. The fraction of sp³-hybridized carbons (Fsp3) is 0.450. The molecule has 0 saturated carbocycles. The van der Waals surface area contributed by atoms with E-state index in [4.69, 9.17) is 0 Å². The van der Waals surface area contributed by atoms with Crippen LogP contribution < -0.4 is 5.32 Å². The molecule has 3 atom stereocenters. The molecule has 1 aromatic carbocycles. The SMILES string of the molecule is CCn1cncc1CNC(=O)[C@@H]1C[C@](C)(C(=O)O)N(C)[C@@H]1c1ccccc1. The number of amides is 1. The Kier molecular flexibility index (Phi) is 5.32. The number of carboxylic acids is 1. The summed E-state index contributed by atoms with van der Waals surface area (Å²) in [4.78, 5) is 30.9. The van der Waals surface area contributed by atoms with Crippen LogP contribution in [0.25, 0.3) is 0 Å². The molecule has 1 aromatic heterocycles. The molecule has 1 fully saturated rings. The number of aliphatic carboxylic acids is 1. The maximum Gasteiger partial charge on any atom is 0.323 e. The second kappa shape index (κ2) is 7.52. The topological polar surface area (TPSA) is 87.5 Å². The molecule has 144 valence electrons. The van der Waals surface area contributed by atoms with Gasteiger partial charge in [-0.1, -0.05) is 30.3 Å². The number of likely N-dealkylation sites (N-methyl/N-ethyl adjacent to an activating group) is 1. The zero-order chi connectivity index (χ0) is 19.6. The predicted octanol–water partition coefficient (Wildman–Crippen LogP) is 2.06. The molecule has 7 heteroatoms. The largest absolute Gasteiger partial charge is 0.480 e. The van der Waals surface area contributed by atoms with Gasteiger partial charge in [0.05, 0.1) is 24.5 Å². The van der Waals surface area contributed by atoms with Gasteiger partial charge in [-0.15, -0.1) is 0 Å². The van der Waals surface area contributed by atoms with Gasteiger partial charge in [0.15, 0.2) is 0 Å². The van der Waals surface area contributed by atoms with Crippen molar-refractivity contribution in [3.63, 3.8) is 0 Å². The molecule has 27 heavy (non-hydrogen) atoms. The van der Waals surface area contributed by atoms with E-state index in [1.807, 2.05) is 46.7 Å². The third-order valence-electron chi connectivity index (χ3n) is 5.72. The van der Waals surface area contributed by atoms with Gasteiger partial charge in [-0.25, -0.2) is 4.98 Å². The molecule has 1 amide bonds. The zero-order valence-electron chi connectivity index (χ0n) is 15.9. The van der Waals surface area contributed by atoms with Crippen molar-refractivity contribution in [3.8, 4) is 0 Å². The van der Waals surface area contributed by atoms with Gasteiger partial charge in [0.1, 0.15) is 5.54 Å². The summed E-state index contributed by atoms with van der Waals surface area (Å²) in [6, 6.07) is 9.34. The van der Waals surface area contributed by atoms with E-state index >= 15 is 0 Å². The van der Waals surface area contributed by atoms with Crippen molar-refractivity contribution < 1.29 is 14.7 Å². The van der Waals surface area contributed by atoms with Crippen LogP contribution in [0.15, 0.2) is 42.9 Å². The van der Waals surface area contributed by atoms with Crippen LogP contribution in [0.3, 0.4) is 0 Å². The Morgan fingerprint density at radius 2 is 2.04 bits per heavy atom. The summed E-state index contributed by atoms with van der Waals surface area (Å²) in [5.41, 5.74) is 0.784. The lowest BCUT2D eigenvalue weighted by atomic mass is 9.89. The minimum absolute atomic E-state index is 0.135. The first kappa shape index (κ1) is 19.1. The number of carbonyl (C=O) groups is 2. The Balaban J connectivity index is 1.84. The Hall–Kier alpha value is -2.67. The number of likely N-dealkylation sites (tertiary alicyclic amines) is 1. The van der Waals surface area contributed by atoms with Crippen LogP contribution in [-0.4, -0.2) is 44.0 Å². The van der Waals surface area contributed by atoms with Gasteiger partial charge >= 0.3 is 5.97 Å². The molecule has 2 N–H and O–H groups in total. The van der Waals surface area contributed by atoms with E-state index in [1.165, 1.54) is 0 Å². The highest BCUT2D eigenvalue weighted by Gasteiger charge is 2.54. The number of aryl methyl sites for hydroxylation is 1. The Morgan fingerprint density at radius 3 is 2.67 bits per heavy atom. The average molecular weight is 370 g/mol. The number of hydrogen-bond acceptors (Lipinski definition) is 4. The van der Waals surface area contributed by atoms with Crippen molar-refractivity contribution in [3.05, 3.63) is 54.1 Å². The molecular weight excluding hydrogens is 344 g/mol. The van der Waals surface area contributed by atoms with Gasteiger partial charge in [-0.3, -0.25) is 14.5 Å². The van der Waals surface area contributed by atoms with E-state index in [9.17, 15) is 14.7 Å². The van der Waals surface area contributed by atoms with Gasteiger partial charge in [0.2, 0.25) is 5.91 Å². The third-order valence-corrected chi connectivity index (χ3v) is 5.72. The molecule has 0 aliphatic carbocycles. The van der Waals surface area contributed by atoms with E-state index in [2.05, 4.69) is 10.3 Å². The number of nitrogens with zero attached hydrogens (tertiary/aromatic N) is 3. The lowest BCUT2D eigenvalue weighted by Crippen LogP contribution is -2.46. The number of nitrogens with one attached hydrogen (secondary N) is 1. The van der Waals surface area contributed by atoms with Gasteiger partial charge in [-0.05, 0) is 32.9 Å². The third kappa shape index (κ3) is 3.47. The average Bonchev–Trinajstić information content (AvgIpc) is 3.23. The quantitative estimate of drug-likeness (QED) is 0.813. The number of rotatable bonds is 6. The van der Waals surface area contributed by atoms with Crippen LogP contribution in [0.4, 0.5) is 0 Å². The summed E-state index contributed by atoms with van der Waals surface area (Å²) >= 11 is 0. The van der Waals surface area contributed by atoms with E-state index in [0.29, 0.717) is 6.54 Å². The predicted molar refractivity (Wildman–Crippen MR) is 101 cm³/mol. The Morgan fingerprint density at radius 1 is 1.33 bits per heavy atom. The molecule has 2 heterocycles. The first-order valence-electron chi connectivity index (χ1n) is 9.16. The number of imidazole rings is 1. The maximum atomic E-state index is 13.0. The summed E-state index contributed by atoms with van der Waals surface area (Å²) in [6.45, 7) is 4.85. The second-order valence-corrected chi connectivity index (χ2v) is 7.24. The van der Waals surface area contributed by atoms with Crippen LogP contribution in [0, 0.1) is 5.92 Å². The fourth-order valence-corrected chi connectivity index (χ4v) is 3.93. The first-order valence-corrected chi connectivity index (χ1v) is 9.16. The number of carboxylic acid groups (broad SMARTS) is 1. The molecule has 1 aliphatic heterocycles. The van der Waals surface area contributed by atoms with Crippen LogP contribution >= 0.6 is 0 Å². The Labute approximate surface area is 159 Å². The second-order valence-electron chi connectivity index (χ2n) is 7.24. The van der Waals surface area contributed by atoms with Crippen molar-refractivity contribution in [2.75, 3.05) is 7.05 Å². The smallest absolute Gasteiger partial charge is 0.323 e. The van der Waals surface area contributed by atoms with E-state index in [0.717, 1.165) is 17.8 Å². The monoisotopic (exact) mass is 370 g/mol. The van der Waals surface area contributed by atoms with E-state index in [1.54, 1.807) is 26.5 Å². The fourth-order valence-electron chi connectivity index (χ4n) is 3.93. The van der Waals surface area contributed by atoms with E-state index < -0.39 is 17.4 Å². The normalized spacial score (nSPS) is 25.4. The first-order chi connectivity index (χ1) is 12.9. The summed E-state index contributed by atoms with van der Waals surface area (Å²) in [5, 5.41) is 12.7. The lowest BCUT2D eigenvalue weighted by Gasteiger charge is -2.32. The minimum Gasteiger partial charge on any atom is -0.480 e. The molecule has 0 radical (unpaired) electrons. The molecule has 3 rings (SSSR count). The van der Waals surface area contributed by atoms with Gasteiger partial charge < -0.3 is 15.0 Å². The van der Waals surface area contributed by atoms with Gasteiger partial charge in [-0.2, -0.15) is 0 Å². The molecule has 0 spiro atoms. The minimum atomic E-state index is -1.09. The highest BCUT2D eigenvalue weighted by molar-refractivity contribution is 5.85.